The molecule has 0 saturated carbocycles. The first kappa shape index (κ1) is 77.1. The van der Waals surface area contributed by atoms with E-state index in [0.717, 1.165) is 50.2 Å². The van der Waals surface area contributed by atoms with Gasteiger partial charge in [0.05, 0.1) is 10.8 Å². The largest absolute Gasteiger partial charge is 0.456 e. The molecule has 8 aliphatic carbocycles. The van der Waals surface area contributed by atoms with E-state index in [1.165, 1.54) is 277 Å². The number of hydrogen-bond acceptors (Lipinski definition) is 3. The van der Waals surface area contributed by atoms with E-state index in [2.05, 4.69) is 394 Å². The van der Waals surface area contributed by atoms with Crippen molar-refractivity contribution in [3.05, 3.63) is 423 Å². The SMILES string of the molecule is CCCCCCCC1(CCCCCCC)c2ccccc2-c2ccc(-c3ccc4c(c3)C(C)(C)c3cc(-c5ccc(N(c6ccc7c(c6)C(C)(C)c6c8c(c9c(oc%10ccccc%109)c6-7)-c6ccccc6C8(C)C)c6ccc7c(c6)C6(c8ccccc8-c8ccccc86)c6cc8c(cc6-7)C6(c7ccccc7-c7ccccc76)c6ccc7oc9ccccc9c7c6-8)cc5)ccc3-4)cc21. The standard InChI is InChI=1S/C128H103NO2/c1-9-11-13-15-33-67-126(68-34-16-14-12-10-2)99-44-26-17-35-83(99)90-62-55-79(71-108(90)126)78-54-61-89-88-60-53-77(69-105(88)123(3,4)106(89)70-78)76-51-56-80(57-52-76)129(81-59-64-93-107(72-81)125(7,8)121-119(93)122-118(95-42-24-32-50-113(95)131-122)117-92-40-22-25-43-98(92)124(5,6)120(117)121)82-58-63-91-96-74-111-97(75-110(96)128(109(91)73-82)102-47-29-20-38-86(102)87-39-21-30-48-103(87)128)115-104(65-66-114-116(115)94-41-23-31-49-112(94)130-114)127(111)100-45-27-18-36-84(100)85-37-19-28-46-101(85)127/h17-32,35-66,69-75H,9-16,33-34,67-68H2,1-8H3. The monoisotopic (exact) mass is 1690 g/mol. The van der Waals surface area contributed by atoms with E-state index in [-0.39, 0.29) is 16.2 Å². The summed E-state index contributed by atoms with van der Waals surface area (Å²) in [5.41, 5.74) is 52.2. The van der Waals surface area contributed by atoms with E-state index in [9.17, 15) is 0 Å². The number of nitrogens with zero attached hydrogens (tertiary/aromatic N) is 1. The molecule has 2 heterocycles. The summed E-state index contributed by atoms with van der Waals surface area (Å²) in [5.74, 6) is 0. The smallest absolute Gasteiger partial charge is 0.144 e. The summed E-state index contributed by atoms with van der Waals surface area (Å²) in [7, 11) is 0. The minimum Gasteiger partial charge on any atom is -0.456 e. The number of unbranched alkanes of at least 4 members (excludes halogenated alkanes) is 8. The van der Waals surface area contributed by atoms with Gasteiger partial charge in [-0.05, 0) is 292 Å². The van der Waals surface area contributed by atoms with Crippen LogP contribution in [-0.4, -0.2) is 0 Å². The first-order valence-corrected chi connectivity index (χ1v) is 48.6. The van der Waals surface area contributed by atoms with E-state index in [4.69, 9.17) is 8.83 Å². The van der Waals surface area contributed by atoms with Crippen molar-refractivity contribution < 1.29 is 8.83 Å². The van der Waals surface area contributed by atoms with Crippen LogP contribution in [0.4, 0.5) is 17.1 Å². The molecular formula is C128H103NO2. The lowest BCUT2D eigenvalue weighted by atomic mass is 9.68. The van der Waals surface area contributed by atoms with Crippen molar-refractivity contribution in [2.24, 2.45) is 0 Å². The molecule has 0 fully saturated rings. The van der Waals surface area contributed by atoms with Crippen molar-refractivity contribution in [3.8, 4) is 111 Å². The second kappa shape index (κ2) is 27.8. The number of para-hydroxylation sites is 2. The predicted molar refractivity (Wildman–Crippen MR) is 545 cm³/mol. The van der Waals surface area contributed by atoms with Crippen molar-refractivity contribution in [2.75, 3.05) is 4.90 Å². The Bertz CT molecular complexity index is 8080. The molecule has 0 N–H and O–H groups in total. The Morgan fingerprint density at radius 3 is 1.20 bits per heavy atom. The molecule has 8 aliphatic rings. The zero-order valence-electron chi connectivity index (χ0n) is 76.0. The van der Waals surface area contributed by atoms with Crippen LogP contribution in [0.5, 0.6) is 0 Å². The van der Waals surface area contributed by atoms with E-state index in [0.29, 0.717) is 0 Å². The molecule has 0 unspecified atom stereocenters. The third-order valence-electron chi connectivity index (χ3n) is 33.3. The van der Waals surface area contributed by atoms with Gasteiger partial charge in [0.15, 0.2) is 0 Å². The lowest BCUT2D eigenvalue weighted by Crippen LogP contribution is -2.27. The van der Waals surface area contributed by atoms with Gasteiger partial charge in [-0.3, -0.25) is 0 Å². The summed E-state index contributed by atoms with van der Waals surface area (Å²) in [6, 6.07) is 130. The molecule has 27 rings (SSSR count). The van der Waals surface area contributed by atoms with Crippen LogP contribution in [0.15, 0.2) is 342 Å². The zero-order valence-corrected chi connectivity index (χ0v) is 76.0. The summed E-state index contributed by atoms with van der Waals surface area (Å²) in [6.07, 6.45) is 15.3. The molecule has 2 aromatic heterocycles. The Morgan fingerprint density at radius 1 is 0.229 bits per heavy atom. The van der Waals surface area contributed by atoms with Gasteiger partial charge in [0, 0.05) is 65.8 Å². The van der Waals surface area contributed by atoms with Gasteiger partial charge in [-0.1, -0.05) is 368 Å². The van der Waals surface area contributed by atoms with Gasteiger partial charge in [-0.2, -0.15) is 0 Å². The maximum atomic E-state index is 7.33. The highest BCUT2D eigenvalue weighted by Gasteiger charge is 2.58. The lowest BCUT2D eigenvalue weighted by molar-refractivity contribution is 0.399. The lowest BCUT2D eigenvalue weighted by Gasteiger charge is -2.33. The van der Waals surface area contributed by atoms with Gasteiger partial charge < -0.3 is 13.7 Å². The van der Waals surface area contributed by atoms with E-state index in [1.54, 1.807) is 11.1 Å². The highest BCUT2D eigenvalue weighted by Crippen LogP contribution is 2.71. The van der Waals surface area contributed by atoms with Gasteiger partial charge in [-0.25, -0.2) is 0 Å². The summed E-state index contributed by atoms with van der Waals surface area (Å²) in [5, 5.41) is 4.68. The molecule has 632 valence electrons. The van der Waals surface area contributed by atoms with Gasteiger partial charge in [0.25, 0.3) is 0 Å². The molecule has 0 aliphatic heterocycles. The van der Waals surface area contributed by atoms with E-state index < -0.39 is 16.2 Å². The summed E-state index contributed by atoms with van der Waals surface area (Å²) < 4.78 is 14.3. The molecule has 19 aromatic rings. The van der Waals surface area contributed by atoms with Crippen LogP contribution in [0.3, 0.4) is 0 Å². The highest BCUT2D eigenvalue weighted by atomic mass is 16.3. The minimum absolute atomic E-state index is 0.0165. The van der Waals surface area contributed by atoms with Crippen LogP contribution < -0.4 is 4.90 Å². The number of hydrogen-bond donors (Lipinski definition) is 0. The van der Waals surface area contributed by atoms with Crippen molar-refractivity contribution in [3.63, 3.8) is 0 Å². The Morgan fingerprint density at radius 2 is 0.611 bits per heavy atom. The van der Waals surface area contributed by atoms with Crippen molar-refractivity contribution in [1.29, 1.82) is 0 Å². The molecule has 3 nitrogen and oxygen atoms in total. The molecule has 0 amide bonds. The van der Waals surface area contributed by atoms with Crippen molar-refractivity contribution in [2.45, 2.75) is 165 Å². The van der Waals surface area contributed by atoms with Gasteiger partial charge in [-0.15, -0.1) is 0 Å². The fourth-order valence-electron chi connectivity index (χ4n) is 27.6. The van der Waals surface area contributed by atoms with Crippen LogP contribution in [0.1, 0.15) is 221 Å². The van der Waals surface area contributed by atoms with Gasteiger partial charge in [0.2, 0.25) is 0 Å². The van der Waals surface area contributed by atoms with Crippen molar-refractivity contribution >= 4 is 60.9 Å². The Kier molecular flexibility index (Phi) is 16.4. The first-order chi connectivity index (χ1) is 64.2. The Balaban J connectivity index is 0.626. The second-order valence-corrected chi connectivity index (χ2v) is 40.9. The normalized spacial score (nSPS) is 15.8. The van der Waals surface area contributed by atoms with Crippen LogP contribution in [-0.2, 0) is 32.5 Å². The summed E-state index contributed by atoms with van der Waals surface area (Å²) in [4.78, 5) is 2.59. The predicted octanol–water partition coefficient (Wildman–Crippen LogP) is 34.9. The third kappa shape index (κ3) is 10.1. The number of rotatable bonds is 17. The van der Waals surface area contributed by atoms with Gasteiger partial charge in [0.1, 0.15) is 22.3 Å². The summed E-state index contributed by atoms with van der Waals surface area (Å²) >= 11 is 0. The average molecular weight is 1690 g/mol. The van der Waals surface area contributed by atoms with Crippen LogP contribution in [0, 0.1) is 0 Å². The number of fused-ring (bicyclic) bond motifs is 42. The van der Waals surface area contributed by atoms with Gasteiger partial charge >= 0.3 is 0 Å². The Hall–Kier alpha value is -13.9. The quantitative estimate of drug-likeness (QED) is 0.0851. The minimum atomic E-state index is -0.735. The highest BCUT2D eigenvalue weighted by molar-refractivity contribution is 6.22. The molecule has 0 radical (unpaired) electrons. The molecule has 3 heteroatoms. The van der Waals surface area contributed by atoms with Crippen LogP contribution in [0.25, 0.3) is 155 Å². The van der Waals surface area contributed by atoms with Crippen LogP contribution in [0.2, 0.25) is 0 Å². The molecule has 131 heavy (non-hydrogen) atoms. The summed E-state index contributed by atoms with van der Waals surface area (Å²) in [6.45, 7) is 19.5. The van der Waals surface area contributed by atoms with Crippen molar-refractivity contribution in [1.82, 2.24) is 0 Å². The maximum absolute atomic E-state index is 7.33. The maximum Gasteiger partial charge on any atom is 0.144 e. The first-order valence-electron chi connectivity index (χ1n) is 48.6. The fourth-order valence-corrected chi connectivity index (χ4v) is 27.6. The molecule has 2 spiro atoms. The Labute approximate surface area is 768 Å². The number of furan rings is 2. The van der Waals surface area contributed by atoms with E-state index in [1.807, 2.05) is 0 Å². The molecule has 0 bridgehead atoms. The van der Waals surface area contributed by atoms with Crippen LogP contribution >= 0.6 is 0 Å². The zero-order chi connectivity index (χ0) is 87.5. The molecular weight excluding hydrogens is 1580 g/mol. The average Bonchev–Trinajstić information content (AvgIpc) is 1.48. The molecule has 17 aromatic carbocycles. The third-order valence-corrected chi connectivity index (χ3v) is 33.3. The molecule has 0 atom stereocenters. The fraction of sp³-hybridized carbons (Fsp3) is 0.203. The molecule has 0 saturated heterocycles. The number of anilines is 3. The van der Waals surface area contributed by atoms with E-state index >= 15 is 0 Å². The number of benzene rings is 17. The topological polar surface area (TPSA) is 29.5 Å². The second-order valence-electron chi connectivity index (χ2n) is 40.9.